The van der Waals surface area contributed by atoms with E-state index in [0.717, 1.165) is 12.8 Å². The molecule has 160 valence electrons. The fourth-order valence-electron chi connectivity index (χ4n) is 3.81. The number of carbonyl (C=O) groups is 2. The second-order valence-electron chi connectivity index (χ2n) is 8.45. The summed E-state index contributed by atoms with van der Waals surface area (Å²) < 4.78 is 10.7. The molecule has 4 heterocycles. The van der Waals surface area contributed by atoms with Crippen molar-refractivity contribution in [3.63, 3.8) is 0 Å². The Morgan fingerprint density at radius 2 is 2.10 bits per heavy atom. The highest BCUT2D eigenvalue weighted by Crippen LogP contribution is 2.28. The van der Waals surface area contributed by atoms with Crippen molar-refractivity contribution in [1.82, 2.24) is 19.8 Å². The molecule has 2 aromatic heterocycles. The summed E-state index contributed by atoms with van der Waals surface area (Å²) in [6.45, 7) is 6.64. The number of carbonyl (C=O) groups excluding carboxylic acids is 2. The standard InChI is InChI=1S/C21H26N4O4S/c1-21(2)13-25(20(27)29-14-21)15-6-9-24(10-7-15)18(26)12-30-19-22-8-5-16(23-19)17-4-3-11-28-17/h3-5,8,11,15H,6-7,9-10,12-14H2,1-2H3. The first-order valence-electron chi connectivity index (χ1n) is 10.1. The van der Waals surface area contributed by atoms with E-state index in [0.29, 0.717) is 42.9 Å². The molecule has 2 aliphatic rings. The van der Waals surface area contributed by atoms with E-state index in [9.17, 15) is 9.59 Å². The Morgan fingerprint density at radius 1 is 1.30 bits per heavy atom. The van der Waals surface area contributed by atoms with Gasteiger partial charge < -0.3 is 19.0 Å². The average Bonchev–Trinajstić information content (AvgIpc) is 3.29. The van der Waals surface area contributed by atoms with Crippen molar-refractivity contribution in [2.75, 3.05) is 32.0 Å². The maximum atomic E-state index is 12.7. The minimum atomic E-state index is -0.233. The van der Waals surface area contributed by atoms with E-state index in [-0.39, 0.29) is 29.2 Å². The van der Waals surface area contributed by atoms with Crippen LogP contribution in [0.15, 0.2) is 40.2 Å². The number of cyclic esters (lactones) is 1. The number of hydrogen-bond acceptors (Lipinski definition) is 7. The van der Waals surface area contributed by atoms with Gasteiger partial charge in [0, 0.05) is 37.3 Å². The molecule has 2 fully saturated rings. The summed E-state index contributed by atoms with van der Waals surface area (Å²) in [5.41, 5.74) is 0.656. The van der Waals surface area contributed by atoms with Crippen LogP contribution in [0.25, 0.3) is 11.5 Å². The zero-order valence-electron chi connectivity index (χ0n) is 17.2. The number of amides is 2. The van der Waals surface area contributed by atoms with E-state index in [4.69, 9.17) is 9.15 Å². The first kappa shape index (κ1) is 20.7. The molecule has 30 heavy (non-hydrogen) atoms. The van der Waals surface area contributed by atoms with Crippen LogP contribution in [0.1, 0.15) is 26.7 Å². The highest BCUT2D eigenvalue weighted by molar-refractivity contribution is 7.99. The van der Waals surface area contributed by atoms with Gasteiger partial charge in [-0.05, 0) is 31.0 Å². The van der Waals surface area contributed by atoms with Crippen LogP contribution in [-0.4, -0.2) is 69.8 Å². The largest absolute Gasteiger partial charge is 0.463 e. The predicted molar refractivity (Wildman–Crippen MR) is 112 cm³/mol. The summed E-state index contributed by atoms with van der Waals surface area (Å²) in [6.07, 6.45) is 4.57. The molecule has 0 saturated carbocycles. The molecule has 2 aromatic rings. The minimum absolute atomic E-state index is 0.0400. The van der Waals surface area contributed by atoms with Gasteiger partial charge in [-0.2, -0.15) is 0 Å². The Labute approximate surface area is 180 Å². The average molecular weight is 431 g/mol. The summed E-state index contributed by atoms with van der Waals surface area (Å²) in [4.78, 5) is 37.2. The highest BCUT2D eigenvalue weighted by Gasteiger charge is 2.38. The molecule has 0 spiro atoms. The van der Waals surface area contributed by atoms with Crippen LogP contribution >= 0.6 is 11.8 Å². The summed E-state index contributed by atoms with van der Waals surface area (Å²) in [6, 6.07) is 5.55. The number of piperidine rings is 1. The normalized spacial score (nSPS) is 19.6. The van der Waals surface area contributed by atoms with Crippen molar-refractivity contribution in [2.24, 2.45) is 5.41 Å². The Hall–Kier alpha value is -2.55. The molecule has 8 nitrogen and oxygen atoms in total. The Morgan fingerprint density at radius 3 is 2.83 bits per heavy atom. The lowest BCUT2D eigenvalue weighted by Gasteiger charge is -2.44. The molecule has 0 atom stereocenters. The molecular formula is C21H26N4O4S. The van der Waals surface area contributed by atoms with Gasteiger partial charge in [-0.1, -0.05) is 25.6 Å². The lowest BCUT2D eigenvalue weighted by atomic mass is 9.91. The number of aromatic nitrogens is 2. The van der Waals surface area contributed by atoms with Gasteiger partial charge in [0.1, 0.15) is 5.69 Å². The van der Waals surface area contributed by atoms with Gasteiger partial charge in [-0.25, -0.2) is 14.8 Å². The molecule has 0 unspecified atom stereocenters. The van der Waals surface area contributed by atoms with Crippen molar-refractivity contribution >= 4 is 23.8 Å². The van der Waals surface area contributed by atoms with Crippen molar-refractivity contribution < 1.29 is 18.7 Å². The van der Waals surface area contributed by atoms with Crippen LogP contribution in [0.2, 0.25) is 0 Å². The van der Waals surface area contributed by atoms with E-state index < -0.39 is 0 Å². The van der Waals surface area contributed by atoms with Gasteiger partial charge >= 0.3 is 6.09 Å². The van der Waals surface area contributed by atoms with Crippen LogP contribution in [0, 0.1) is 5.41 Å². The second kappa shape index (κ2) is 8.67. The lowest BCUT2D eigenvalue weighted by Crippen LogP contribution is -2.55. The fraction of sp³-hybridized carbons (Fsp3) is 0.524. The third-order valence-corrected chi connectivity index (χ3v) is 6.26. The summed E-state index contributed by atoms with van der Waals surface area (Å²) in [5, 5.41) is 0.547. The first-order valence-corrected chi connectivity index (χ1v) is 11.1. The van der Waals surface area contributed by atoms with Gasteiger partial charge in [0.2, 0.25) is 5.91 Å². The van der Waals surface area contributed by atoms with Crippen LogP contribution in [0.4, 0.5) is 4.79 Å². The molecular weight excluding hydrogens is 404 g/mol. The van der Waals surface area contributed by atoms with Gasteiger partial charge in [-0.15, -0.1) is 0 Å². The number of thioether (sulfide) groups is 1. The monoisotopic (exact) mass is 430 g/mol. The predicted octanol–water partition coefficient (Wildman–Crippen LogP) is 3.30. The quantitative estimate of drug-likeness (QED) is 0.531. The van der Waals surface area contributed by atoms with Crippen LogP contribution in [-0.2, 0) is 9.53 Å². The van der Waals surface area contributed by atoms with Crippen LogP contribution in [0.5, 0.6) is 0 Å². The van der Waals surface area contributed by atoms with Crippen molar-refractivity contribution in [1.29, 1.82) is 0 Å². The summed E-state index contributed by atoms with van der Waals surface area (Å²) in [7, 11) is 0. The molecule has 2 aliphatic heterocycles. The molecule has 0 aliphatic carbocycles. The van der Waals surface area contributed by atoms with Crippen LogP contribution in [0.3, 0.4) is 0 Å². The molecule has 0 N–H and O–H groups in total. The van der Waals surface area contributed by atoms with Gasteiger partial charge in [0.05, 0.1) is 18.6 Å². The van der Waals surface area contributed by atoms with Crippen LogP contribution < -0.4 is 0 Å². The molecule has 2 amide bonds. The number of rotatable bonds is 5. The highest BCUT2D eigenvalue weighted by atomic mass is 32.2. The maximum Gasteiger partial charge on any atom is 0.410 e. The van der Waals surface area contributed by atoms with E-state index in [1.807, 2.05) is 21.9 Å². The number of nitrogens with zero attached hydrogens (tertiary/aromatic N) is 4. The number of likely N-dealkylation sites (tertiary alicyclic amines) is 1. The zero-order chi connectivity index (χ0) is 21.1. The van der Waals surface area contributed by atoms with Crippen molar-refractivity contribution in [2.45, 2.75) is 37.9 Å². The van der Waals surface area contributed by atoms with E-state index in [1.165, 1.54) is 11.8 Å². The van der Waals surface area contributed by atoms with Gasteiger partial charge in [0.15, 0.2) is 10.9 Å². The third-order valence-electron chi connectivity index (χ3n) is 5.41. The maximum absolute atomic E-state index is 12.7. The van der Waals surface area contributed by atoms with Crippen molar-refractivity contribution in [3.8, 4) is 11.5 Å². The SMILES string of the molecule is CC1(C)COC(=O)N(C2CCN(C(=O)CSc3nccc(-c4ccco4)n3)CC2)C1. The zero-order valence-corrected chi connectivity index (χ0v) is 18.1. The van der Waals surface area contributed by atoms with E-state index in [2.05, 4.69) is 23.8 Å². The minimum Gasteiger partial charge on any atom is -0.463 e. The summed E-state index contributed by atoms with van der Waals surface area (Å²) >= 11 is 1.32. The third kappa shape index (κ3) is 4.77. The fourth-order valence-corrected chi connectivity index (χ4v) is 4.54. The molecule has 2 saturated heterocycles. The molecule has 9 heteroatoms. The van der Waals surface area contributed by atoms with E-state index >= 15 is 0 Å². The lowest BCUT2D eigenvalue weighted by molar-refractivity contribution is -0.130. The van der Waals surface area contributed by atoms with E-state index in [1.54, 1.807) is 18.5 Å². The summed E-state index contributed by atoms with van der Waals surface area (Å²) in [5.74, 6) is 1.02. The smallest absolute Gasteiger partial charge is 0.410 e. The molecule has 0 bridgehead atoms. The van der Waals surface area contributed by atoms with Gasteiger partial charge in [0.25, 0.3) is 0 Å². The number of furan rings is 1. The first-order chi connectivity index (χ1) is 14.4. The topological polar surface area (TPSA) is 88.8 Å². The molecule has 0 radical (unpaired) electrons. The molecule has 0 aromatic carbocycles. The second-order valence-corrected chi connectivity index (χ2v) is 9.39. The number of ether oxygens (including phenoxy) is 1. The Balaban J connectivity index is 1.28. The number of hydrogen-bond donors (Lipinski definition) is 0. The van der Waals surface area contributed by atoms with Gasteiger partial charge in [-0.3, -0.25) is 4.79 Å². The molecule has 4 rings (SSSR count). The Kier molecular flexibility index (Phi) is 5.99. The Bertz CT molecular complexity index is 894. The van der Waals surface area contributed by atoms with Crippen molar-refractivity contribution in [3.05, 3.63) is 30.7 Å².